The van der Waals surface area contributed by atoms with Gasteiger partial charge in [0.25, 0.3) is 0 Å². The number of nitrogens with zero attached hydrogens (tertiary/aromatic N) is 1. The van der Waals surface area contributed by atoms with Crippen LogP contribution >= 0.6 is 39.1 Å². The van der Waals surface area contributed by atoms with E-state index in [2.05, 4.69) is 21.1 Å². The van der Waals surface area contributed by atoms with Gasteiger partial charge < -0.3 is 4.52 Å². The Kier molecular flexibility index (Phi) is 3.34. The Labute approximate surface area is 105 Å². The molecule has 15 heavy (non-hydrogen) atoms. The summed E-state index contributed by atoms with van der Waals surface area (Å²) in [6, 6.07) is 7.14. The number of alkyl halides is 1. The first-order valence-corrected chi connectivity index (χ1v) is 6.06. The van der Waals surface area contributed by atoms with Gasteiger partial charge in [0.05, 0.1) is 15.4 Å². The Morgan fingerprint density at radius 2 is 1.93 bits per heavy atom. The van der Waals surface area contributed by atoms with E-state index in [0.29, 0.717) is 26.6 Å². The SMILES string of the molecule is Clc1cccc(Cl)c1-c1cc(CBr)on1. The van der Waals surface area contributed by atoms with Gasteiger partial charge in [-0.1, -0.05) is 50.4 Å². The summed E-state index contributed by atoms with van der Waals surface area (Å²) in [5.41, 5.74) is 1.36. The maximum atomic E-state index is 6.04. The van der Waals surface area contributed by atoms with Gasteiger partial charge in [0.15, 0.2) is 0 Å². The highest BCUT2D eigenvalue weighted by atomic mass is 79.9. The Morgan fingerprint density at radius 1 is 1.27 bits per heavy atom. The molecular weight excluding hydrogens is 301 g/mol. The molecule has 1 heterocycles. The molecule has 78 valence electrons. The van der Waals surface area contributed by atoms with Gasteiger partial charge in [0, 0.05) is 11.6 Å². The standard InChI is InChI=1S/C10H6BrCl2NO/c11-5-6-4-9(14-15-6)10-7(12)2-1-3-8(10)13/h1-4H,5H2. The molecule has 0 radical (unpaired) electrons. The highest BCUT2D eigenvalue weighted by Gasteiger charge is 2.12. The van der Waals surface area contributed by atoms with Crippen LogP contribution in [-0.2, 0) is 5.33 Å². The van der Waals surface area contributed by atoms with Crippen molar-refractivity contribution in [2.75, 3.05) is 0 Å². The summed E-state index contributed by atoms with van der Waals surface area (Å²) in [6.45, 7) is 0. The van der Waals surface area contributed by atoms with Crippen molar-refractivity contribution in [3.8, 4) is 11.3 Å². The summed E-state index contributed by atoms with van der Waals surface area (Å²) in [7, 11) is 0. The highest BCUT2D eigenvalue weighted by molar-refractivity contribution is 9.08. The van der Waals surface area contributed by atoms with Gasteiger partial charge in [-0.15, -0.1) is 0 Å². The lowest BCUT2D eigenvalue weighted by atomic mass is 10.1. The molecule has 0 aliphatic heterocycles. The first-order valence-electron chi connectivity index (χ1n) is 4.18. The summed E-state index contributed by atoms with van der Waals surface area (Å²) in [4.78, 5) is 0. The lowest BCUT2D eigenvalue weighted by molar-refractivity contribution is 0.398. The maximum absolute atomic E-state index is 6.04. The van der Waals surface area contributed by atoms with E-state index in [-0.39, 0.29) is 0 Å². The number of hydrogen-bond acceptors (Lipinski definition) is 2. The molecule has 2 aromatic rings. The molecular formula is C10H6BrCl2NO. The second-order valence-corrected chi connectivity index (χ2v) is 4.28. The van der Waals surface area contributed by atoms with E-state index in [9.17, 15) is 0 Å². The fourth-order valence-electron chi connectivity index (χ4n) is 1.24. The fraction of sp³-hybridized carbons (Fsp3) is 0.100. The van der Waals surface area contributed by atoms with Gasteiger partial charge in [-0.2, -0.15) is 0 Å². The summed E-state index contributed by atoms with van der Waals surface area (Å²) >= 11 is 15.4. The molecule has 1 aromatic heterocycles. The molecule has 1 aromatic carbocycles. The molecule has 0 saturated carbocycles. The number of rotatable bonds is 2. The van der Waals surface area contributed by atoms with Crippen LogP contribution in [0.3, 0.4) is 0 Å². The molecule has 0 aliphatic rings. The van der Waals surface area contributed by atoms with Gasteiger partial charge in [0.1, 0.15) is 11.5 Å². The van der Waals surface area contributed by atoms with E-state index in [1.165, 1.54) is 0 Å². The molecule has 0 aliphatic carbocycles. The molecule has 2 nitrogen and oxygen atoms in total. The van der Waals surface area contributed by atoms with E-state index in [1.807, 2.05) is 6.07 Å². The third-order valence-corrected chi connectivity index (χ3v) is 3.09. The minimum Gasteiger partial charge on any atom is -0.360 e. The molecule has 5 heteroatoms. The zero-order valence-corrected chi connectivity index (χ0v) is 10.6. The molecule has 2 rings (SSSR count). The van der Waals surface area contributed by atoms with Crippen molar-refractivity contribution in [1.82, 2.24) is 5.16 Å². The molecule has 0 N–H and O–H groups in total. The van der Waals surface area contributed by atoms with E-state index in [1.54, 1.807) is 18.2 Å². The van der Waals surface area contributed by atoms with Crippen LogP contribution in [0.25, 0.3) is 11.3 Å². The summed E-state index contributed by atoms with van der Waals surface area (Å²) in [6.07, 6.45) is 0. The van der Waals surface area contributed by atoms with Crippen molar-refractivity contribution >= 4 is 39.1 Å². The van der Waals surface area contributed by atoms with Crippen molar-refractivity contribution in [2.24, 2.45) is 0 Å². The van der Waals surface area contributed by atoms with Crippen LogP contribution in [-0.4, -0.2) is 5.16 Å². The molecule has 0 amide bonds. The maximum Gasteiger partial charge on any atom is 0.147 e. The van der Waals surface area contributed by atoms with Crippen LogP contribution in [0.4, 0.5) is 0 Å². The Morgan fingerprint density at radius 3 is 2.47 bits per heavy atom. The Bertz CT molecular complexity index is 464. The Balaban J connectivity index is 2.53. The van der Waals surface area contributed by atoms with Crippen LogP contribution in [0.1, 0.15) is 5.76 Å². The lowest BCUT2D eigenvalue weighted by Crippen LogP contribution is -1.80. The zero-order chi connectivity index (χ0) is 10.8. The summed E-state index contributed by atoms with van der Waals surface area (Å²) in [5, 5.41) is 5.65. The van der Waals surface area contributed by atoms with E-state index < -0.39 is 0 Å². The summed E-state index contributed by atoms with van der Waals surface area (Å²) in [5.74, 6) is 0.737. The average molecular weight is 307 g/mol. The van der Waals surface area contributed by atoms with Crippen molar-refractivity contribution < 1.29 is 4.52 Å². The molecule has 0 saturated heterocycles. The smallest absolute Gasteiger partial charge is 0.147 e. The van der Waals surface area contributed by atoms with Gasteiger partial charge in [-0.25, -0.2) is 0 Å². The van der Waals surface area contributed by atoms with Crippen molar-refractivity contribution in [3.63, 3.8) is 0 Å². The predicted molar refractivity (Wildman–Crippen MR) is 64.6 cm³/mol. The van der Waals surface area contributed by atoms with Gasteiger partial charge in [0.2, 0.25) is 0 Å². The van der Waals surface area contributed by atoms with Crippen molar-refractivity contribution in [3.05, 3.63) is 40.1 Å². The average Bonchev–Trinajstić information content (AvgIpc) is 2.66. The number of aromatic nitrogens is 1. The molecule has 0 fully saturated rings. The van der Waals surface area contributed by atoms with Gasteiger partial charge in [-0.3, -0.25) is 0 Å². The third-order valence-electron chi connectivity index (χ3n) is 1.91. The number of benzene rings is 1. The van der Waals surface area contributed by atoms with Crippen LogP contribution < -0.4 is 0 Å². The first-order chi connectivity index (χ1) is 7.22. The monoisotopic (exact) mass is 305 g/mol. The third kappa shape index (κ3) is 2.19. The normalized spacial score (nSPS) is 10.6. The summed E-state index contributed by atoms with van der Waals surface area (Å²) < 4.78 is 5.06. The second kappa shape index (κ2) is 4.56. The van der Waals surface area contributed by atoms with Gasteiger partial charge >= 0.3 is 0 Å². The van der Waals surface area contributed by atoms with Crippen molar-refractivity contribution in [1.29, 1.82) is 0 Å². The molecule has 0 bridgehead atoms. The van der Waals surface area contributed by atoms with E-state index in [0.717, 1.165) is 5.76 Å². The predicted octanol–water partition coefficient (Wildman–Crippen LogP) is 4.54. The molecule has 0 spiro atoms. The number of halogens is 3. The largest absolute Gasteiger partial charge is 0.360 e. The lowest BCUT2D eigenvalue weighted by Gasteiger charge is -2.01. The van der Waals surface area contributed by atoms with E-state index >= 15 is 0 Å². The minimum absolute atomic E-state index is 0.567. The minimum atomic E-state index is 0.567. The van der Waals surface area contributed by atoms with Crippen LogP contribution in [0, 0.1) is 0 Å². The zero-order valence-electron chi connectivity index (χ0n) is 7.51. The molecule has 0 unspecified atom stereocenters. The van der Waals surface area contributed by atoms with E-state index in [4.69, 9.17) is 27.7 Å². The van der Waals surface area contributed by atoms with Gasteiger partial charge in [-0.05, 0) is 12.1 Å². The van der Waals surface area contributed by atoms with Crippen LogP contribution in [0.2, 0.25) is 10.0 Å². The van der Waals surface area contributed by atoms with Crippen LogP contribution in [0.5, 0.6) is 0 Å². The van der Waals surface area contributed by atoms with Crippen molar-refractivity contribution in [2.45, 2.75) is 5.33 Å². The highest BCUT2D eigenvalue weighted by Crippen LogP contribution is 2.34. The topological polar surface area (TPSA) is 26.0 Å². The second-order valence-electron chi connectivity index (χ2n) is 2.91. The van der Waals surface area contributed by atoms with Crippen LogP contribution in [0.15, 0.2) is 28.8 Å². The first kappa shape index (κ1) is 11.0. The Hall–Kier alpha value is -0.510. The molecule has 0 atom stereocenters. The number of hydrogen-bond donors (Lipinski definition) is 0. The quantitative estimate of drug-likeness (QED) is 0.761. The fourth-order valence-corrected chi connectivity index (χ4v) is 2.09.